The third kappa shape index (κ3) is 5.66. The van der Waals surface area contributed by atoms with E-state index in [1.165, 1.54) is 12.1 Å². The predicted molar refractivity (Wildman–Crippen MR) is 127 cm³/mol. The lowest BCUT2D eigenvalue weighted by Gasteiger charge is -2.27. The first-order chi connectivity index (χ1) is 16.4. The molecule has 0 atom stereocenters. The zero-order chi connectivity index (χ0) is 24.1. The summed E-state index contributed by atoms with van der Waals surface area (Å²) in [4.78, 5) is 51.5. The highest BCUT2D eigenvalue weighted by Gasteiger charge is 2.37. The number of piperidine rings is 1. The molecule has 2 aromatic carbocycles. The third-order valence-electron chi connectivity index (χ3n) is 5.66. The fraction of sp³-hybridized carbons (Fsp3) is 0.280. The van der Waals surface area contributed by atoms with Crippen LogP contribution >= 0.6 is 11.8 Å². The van der Waals surface area contributed by atoms with E-state index < -0.39 is 17.1 Å². The van der Waals surface area contributed by atoms with E-state index in [0.717, 1.165) is 47.1 Å². The fourth-order valence-corrected chi connectivity index (χ4v) is 4.58. The van der Waals surface area contributed by atoms with Gasteiger partial charge in [0.25, 0.3) is 11.1 Å². The molecule has 34 heavy (non-hydrogen) atoms. The van der Waals surface area contributed by atoms with Gasteiger partial charge in [-0.25, -0.2) is 4.79 Å². The highest BCUT2D eigenvalue weighted by molar-refractivity contribution is 8.18. The number of ether oxygens (including phenoxy) is 1. The van der Waals surface area contributed by atoms with Gasteiger partial charge in [-0.1, -0.05) is 24.3 Å². The summed E-state index contributed by atoms with van der Waals surface area (Å²) in [5, 5.41) is 8.52. The highest BCUT2D eigenvalue weighted by atomic mass is 32.2. The van der Waals surface area contributed by atoms with Crippen LogP contribution in [0.25, 0.3) is 6.08 Å². The summed E-state index contributed by atoms with van der Waals surface area (Å²) >= 11 is 0.835. The number of hydrogen-bond donors (Lipinski definition) is 1. The molecule has 0 aromatic heterocycles. The van der Waals surface area contributed by atoms with E-state index in [-0.39, 0.29) is 29.5 Å². The molecule has 0 bridgehead atoms. The number of carbonyl (C=O) groups is 4. The number of nitrogens with zero attached hydrogens (tertiary/aromatic N) is 2. The van der Waals surface area contributed by atoms with E-state index in [9.17, 15) is 19.2 Å². The van der Waals surface area contributed by atoms with E-state index in [1.54, 1.807) is 47.4 Å². The van der Waals surface area contributed by atoms with Crippen molar-refractivity contribution in [3.05, 3.63) is 70.1 Å². The van der Waals surface area contributed by atoms with Crippen molar-refractivity contribution in [2.45, 2.75) is 25.9 Å². The van der Waals surface area contributed by atoms with Gasteiger partial charge in [0.15, 0.2) is 0 Å². The van der Waals surface area contributed by atoms with Crippen molar-refractivity contribution in [1.29, 1.82) is 0 Å². The molecule has 1 N–H and O–H groups in total. The number of benzene rings is 2. The maximum Gasteiger partial charge on any atom is 0.335 e. The third-order valence-corrected chi connectivity index (χ3v) is 6.57. The van der Waals surface area contributed by atoms with Crippen LogP contribution in [0.5, 0.6) is 5.75 Å². The average Bonchev–Trinajstić information content (AvgIpc) is 3.11. The molecule has 2 heterocycles. The number of carbonyl (C=O) groups excluding carboxylic acids is 3. The molecule has 2 saturated heterocycles. The number of hydrogen-bond acceptors (Lipinski definition) is 6. The maximum absolute atomic E-state index is 12.7. The van der Waals surface area contributed by atoms with Crippen molar-refractivity contribution in [1.82, 2.24) is 9.80 Å². The van der Waals surface area contributed by atoms with Gasteiger partial charge in [-0.2, -0.15) is 0 Å². The summed E-state index contributed by atoms with van der Waals surface area (Å²) < 4.78 is 5.73. The van der Waals surface area contributed by atoms with Crippen molar-refractivity contribution in [2.75, 3.05) is 19.6 Å². The van der Waals surface area contributed by atoms with Gasteiger partial charge in [0.1, 0.15) is 18.9 Å². The lowest BCUT2D eigenvalue weighted by molar-refractivity contribution is -0.136. The molecule has 4 rings (SSSR count). The number of thioether (sulfide) groups is 1. The SMILES string of the molecule is O=C(O)c1ccc(COc2ccc(C=C3SC(=O)N(CC(=O)N4CCCCC4)C3=O)cc2)cc1. The van der Waals surface area contributed by atoms with Crippen molar-refractivity contribution in [3.8, 4) is 5.75 Å². The first-order valence-corrected chi connectivity index (χ1v) is 11.8. The highest BCUT2D eigenvalue weighted by Crippen LogP contribution is 2.32. The van der Waals surface area contributed by atoms with Gasteiger partial charge in [0.2, 0.25) is 5.91 Å². The van der Waals surface area contributed by atoms with E-state index >= 15 is 0 Å². The van der Waals surface area contributed by atoms with Crippen LogP contribution in [0.1, 0.15) is 40.7 Å². The second-order valence-electron chi connectivity index (χ2n) is 8.07. The van der Waals surface area contributed by atoms with Gasteiger partial charge in [0.05, 0.1) is 10.5 Å². The summed E-state index contributed by atoms with van der Waals surface area (Å²) in [5.41, 5.74) is 1.78. The molecule has 0 unspecified atom stereocenters. The Morgan fingerprint density at radius 1 is 0.971 bits per heavy atom. The Hall–Kier alpha value is -3.59. The molecular formula is C25H24N2O6S. The molecule has 2 fully saturated rings. The smallest absolute Gasteiger partial charge is 0.335 e. The van der Waals surface area contributed by atoms with Crippen LogP contribution in [0, 0.1) is 0 Å². The Bertz CT molecular complexity index is 1120. The topological polar surface area (TPSA) is 104 Å². The van der Waals surface area contributed by atoms with Crippen molar-refractivity contribution >= 4 is 40.9 Å². The fourth-order valence-electron chi connectivity index (χ4n) is 3.74. The normalized spacial score (nSPS) is 17.4. The number of carboxylic acids is 1. The lowest BCUT2D eigenvalue weighted by atomic mass is 10.1. The Labute approximate surface area is 201 Å². The minimum Gasteiger partial charge on any atom is -0.489 e. The zero-order valence-corrected chi connectivity index (χ0v) is 19.3. The minimum absolute atomic E-state index is 0.192. The molecule has 2 aliphatic heterocycles. The standard InChI is InChI=1S/C25H24N2O6S/c28-22(26-12-2-1-3-13-26)15-27-23(29)21(34-25(27)32)14-17-6-10-20(11-7-17)33-16-18-4-8-19(9-5-18)24(30)31/h4-11,14H,1-3,12-13,15-16H2,(H,30,31). The first kappa shape index (κ1) is 23.6. The number of likely N-dealkylation sites (tertiary alicyclic amines) is 1. The van der Waals surface area contributed by atoms with Gasteiger partial charge in [-0.05, 0) is 72.5 Å². The van der Waals surface area contributed by atoms with Crippen LogP contribution < -0.4 is 4.74 Å². The van der Waals surface area contributed by atoms with Crippen LogP contribution in [0.2, 0.25) is 0 Å². The van der Waals surface area contributed by atoms with Gasteiger partial charge < -0.3 is 14.7 Å². The lowest BCUT2D eigenvalue weighted by Crippen LogP contribution is -2.44. The summed E-state index contributed by atoms with van der Waals surface area (Å²) in [6.07, 6.45) is 4.62. The van der Waals surface area contributed by atoms with Crippen LogP contribution in [-0.2, 0) is 16.2 Å². The van der Waals surface area contributed by atoms with E-state index in [0.29, 0.717) is 18.8 Å². The molecule has 0 radical (unpaired) electrons. The predicted octanol–water partition coefficient (Wildman–Crippen LogP) is 4.01. The number of aromatic carboxylic acids is 1. The largest absolute Gasteiger partial charge is 0.489 e. The number of rotatable bonds is 7. The average molecular weight is 481 g/mol. The quantitative estimate of drug-likeness (QED) is 0.597. The van der Waals surface area contributed by atoms with Crippen LogP contribution in [0.4, 0.5) is 4.79 Å². The number of amides is 3. The Morgan fingerprint density at radius 3 is 2.29 bits per heavy atom. The minimum atomic E-state index is -0.977. The van der Waals surface area contributed by atoms with Crippen LogP contribution in [0.15, 0.2) is 53.4 Å². The Kier molecular flexibility index (Phi) is 7.32. The van der Waals surface area contributed by atoms with Crippen molar-refractivity contribution in [2.24, 2.45) is 0 Å². The second-order valence-corrected chi connectivity index (χ2v) is 9.06. The molecule has 176 valence electrons. The maximum atomic E-state index is 12.7. The monoisotopic (exact) mass is 480 g/mol. The van der Waals surface area contributed by atoms with Gasteiger partial charge in [-0.3, -0.25) is 19.3 Å². The summed E-state index contributed by atoms with van der Waals surface area (Å²) in [6, 6.07) is 13.5. The molecule has 0 saturated carbocycles. The van der Waals surface area contributed by atoms with E-state index in [1.807, 2.05) is 0 Å². The summed E-state index contributed by atoms with van der Waals surface area (Å²) in [6.45, 7) is 1.41. The second kappa shape index (κ2) is 10.6. The summed E-state index contributed by atoms with van der Waals surface area (Å²) in [7, 11) is 0. The molecule has 0 spiro atoms. The Balaban J connectivity index is 1.34. The molecule has 2 aliphatic rings. The molecular weight excluding hydrogens is 456 g/mol. The van der Waals surface area contributed by atoms with Crippen molar-refractivity contribution in [3.63, 3.8) is 0 Å². The molecule has 3 amide bonds. The molecule has 8 nitrogen and oxygen atoms in total. The van der Waals surface area contributed by atoms with Crippen LogP contribution in [-0.4, -0.2) is 57.6 Å². The van der Waals surface area contributed by atoms with Gasteiger partial charge >= 0.3 is 5.97 Å². The van der Waals surface area contributed by atoms with Crippen LogP contribution in [0.3, 0.4) is 0 Å². The van der Waals surface area contributed by atoms with Gasteiger partial charge in [-0.15, -0.1) is 0 Å². The molecule has 9 heteroatoms. The van der Waals surface area contributed by atoms with Gasteiger partial charge in [0, 0.05) is 13.1 Å². The summed E-state index contributed by atoms with van der Waals surface area (Å²) in [5.74, 6) is -1.01. The number of imide groups is 1. The Morgan fingerprint density at radius 2 is 1.65 bits per heavy atom. The molecule has 2 aromatic rings. The number of carboxylic acid groups (broad SMARTS) is 1. The molecule has 0 aliphatic carbocycles. The van der Waals surface area contributed by atoms with Crippen molar-refractivity contribution < 1.29 is 29.0 Å². The van der Waals surface area contributed by atoms with E-state index in [4.69, 9.17) is 9.84 Å². The zero-order valence-electron chi connectivity index (χ0n) is 18.4. The first-order valence-electron chi connectivity index (χ1n) is 11.0. The van der Waals surface area contributed by atoms with E-state index in [2.05, 4.69) is 0 Å².